The van der Waals surface area contributed by atoms with E-state index in [1.165, 1.54) is 11.3 Å². The van der Waals surface area contributed by atoms with Crippen molar-refractivity contribution in [2.75, 3.05) is 30.8 Å². The number of aromatic nitrogens is 2. The number of amides is 3. The maximum Gasteiger partial charge on any atom is 0.323 e. The van der Waals surface area contributed by atoms with Crippen LogP contribution in [0.4, 0.5) is 15.6 Å². The Hall–Kier alpha value is -2.68. The lowest BCUT2D eigenvalue weighted by Gasteiger charge is -2.31. The Morgan fingerprint density at radius 2 is 2.00 bits per heavy atom. The van der Waals surface area contributed by atoms with Gasteiger partial charge < -0.3 is 15.0 Å². The van der Waals surface area contributed by atoms with E-state index in [2.05, 4.69) is 20.8 Å². The largest absolute Gasteiger partial charge is 0.495 e. The zero-order valence-corrected chi connectivity index (χ0v) is 14.6. The second kappa shape index (κ2) is 7.93. The molecule has 8 nitrogen and oxygen atoms in total. The molecule has 0 unspecified atom stereocenters. The molecule has 1 aliphatic heterocycles. The number of ether oxygens (including phenoxy) is 1. The van der Waals surface area contributed by atoms with E-state index in [-0.39, 0.29) is 17.9 Å². The summed E-state index contributed by atoms with van der Waals surface area (Å²) in [5.41, 5.74) is 2.22. The van der Waals surface area contributed by atoms with Crippen LogP contribution in [0.5, 0.6) is 5.75 Å². The maximum atomic E-state index is 12.5. The Morgan fingerprint density at radius 1 is 1.24 bits per heavy atom. The molecule has 2 heterocycles. The number of hydrogen-bond acceptors (Lipinski definition) is 6. The Labute approximate surface area is 149 Å². The lowest BCUT2D eigenvalue weighted by atomic mass is 9.96. The van der Waals surface area contributed by atoms with Crippen molar-refractivity contribution >= 4 is 34.1 Å². The molecule has 0 aliphatic carbocycles. The molecule has 132 valence electrons. The van der Waals surface area contributed by atoms with Gasteiger partial charge in [-0.05, 0) is 25.0 Å². The van der Waals surface area contributed by atoms with Gasteiger partial charge in [-0.1, -0.05) is 23.5 Å². The fourth-order valence-electron chi connectivity index (χ4n) is 2.73. The zero-order valence-electron chi connectivity index (χ0n) is 13.8. The fraction of sp³-hybridized carbons (Fsp3) is 0.375. The highest BCUT2D eigenvalue weighted by molar-refractivity contribution is 7.13. The number of nitrogens with zero attached hydrogens (tertiary/aromatic N) is 3. The molecule has 0 spiro atoms. The van der Waals surface area contributed by atoms with Gasteiger partial charge in [-0.2, -0.15) is 0 Å². The van der Waals surface area contributed by atoms with Crippen LogP contribution in [-0.4, -0.2) is 47.2 Å². The number of para-hydroxylation sites is 2. The average molecular weight is 361 g/mol. The summed E-state index contributed by atoms with van der Waals surface area (Å²) in [7, 11) is 1.57. The lowest BCUT2D eigenvalue weighted by molar-refractivity contribution is -0.121. The van der Waals surface area contributed by atoms with Crippen molar-refractivity contribution in [1.29, 1.82) is 0 Å². The molecule has 9 heteroatoms. The SMILES string of the molecule is COc1ccccc1NC(=O)C1CCN(C(=O)Nc2nncs2)CC1. The first-order valence-electron chi connectivity index (χ1n) is 7.93. The van der Waals surface area contributed by atoms with Crippen molar-refractivity contribution in [3.05, 3.63) is 29.8 Å². The molecule has 1 aromatic heterocycles. The summed E-state index contributed by atoms with van der Waals surface area (Å²) >= 11 is 1.27. The first kappa shape index (κ1) is 17.2. The molecule has 1 aromatic carbocycles. The van der Waals surface area contributed by atoms with E-state index in [9.17, 15) is 9.59 Å². The summed E-state index contributed by atoms with van der Waals surface area (Å²) in [6.45, 7) is 1.04. The third kappa shape index (κ3) is 4.24. The Bertz CT molecular complexity index is 729. The van der Waals surface area contributed by atoms with E-state index in [4.69, 9.17) is 4.74 Å². The summed E-state index contributed by atoms with van der Waals surface area (Å²) < 4.78 is 5.25. The minimum absolute atomic E-state index is 0.0475. The molecule has 0 radical (unpaired) electrons. The first-order valence-corrected chi connectivity index (χ1v) is 8.81. The van der Waals surface area contributed by atoms with Gasteiger partial charge in [0.15, 0.2) is 0 Å². The van der Waals surface area contributed by atoms with Crippen LogP contribution in [0, 0.1) is 5.92 Å². The minimum Gasteiger partial charge on any atom is -0.495 e. The highest BCUT2D eigenvalue weighted by Gasteiger charge is 2.28. The van der Waals surface area contributed by atoms with Crippen molar-refractivity contribution in [2.24, 2.45) is 5.92 Å². The number of carbonyl (C=O) groups excluding carboxylic acids is 2. The van der Waals surface area contributed by atoms with Gasteiger partial charge >= 0.3 is 6.03 Å². The van der Waals surface area contributed by atoms with Crippen LogP contribution in [0.15, 0.2) is 29.8 Å². The van der Waals surface area contributed by atoms with Crippen LogP contribution in [0.3, 0.4) is 0 Å². The minimum atomic E-state index is -0.208. The number of likely N-dealkylation sites (tertiary alicyclic amines) is 1. The lowest BCUT2D eigenvalue weighted by Crippen LogP contribution is -2.43. The van der Waals surface area contributed by atoms with Gasteiger partial charge in [-0.15, -0.1) is 10.2 Å². The number of nitrogens with one attached hydrogen (secondary N) is 2. The third-order valence-corrected chi connectivity index (χ3v) is 4.70. The molecule has 1 aliphatic rings. The quantitative estimate of drug-likeness (QED) is 0.872. The Kier molecular flexibility index (Phi) is 5.44. The van der Waals surface area contributed by atoms with Crippen molar-refractivity contribution < 1.29 is 14.3 Å². The van der Waals surface area contributed by atoms with Crippen LogP contribution in [-0.2, 0) is 4.79 Å². The van der Waals surface area contributed by atoms with Crippen molar-refractivity contribution in [3.63, 3.8) is 0 Å². The van der Waals surface area contributed by atoms with Gasteiger partial charge in [0.1, 0.15) is 11.3 Å². The number of benzene rings is 1. The van der Waals surface area contributed by atoms with E-state index < -0.39 is 0 Å². The van der Waals surface area contributed by atoms with E-state index in [1.807, 2.05) is 12.1 Å². The van der Waals surface area contributed by atoms with E-state index in [0.717, 1.165) is 0 Å². The zero-order chi connectivity index (χ0) is 17.6. The number of anilines is 2. The smallest absolute Gasteiger partial charge is 0.323 e. The second-order valence-electron chi connectivity index (χ2n) is 5.62. The summed E-state index contributed by atoms with van der Waals surface area (Å²) in [6, 6.07) is 7.10. The van der Waals surface area contributed by atoms with Gasteiger partial charge in [0.2, 0.25) is 11.0 Å². The highest BCUT2D eigenvalue weighted by Crippen LogP contribution is 2.26. The Morgan fingerprint density at radius 3 is 2.68 bits per heavy atom. The molecule has 0 saturated carbocycles. The summed E-state index contributed by atoms with van der Waals surface area (Å²) in [5, 5.41) is 13.6. The van der Waals surface area contributed by atoms with E-state index >= 15 is 0 Å². The third-order valence-electron chi connectivity index (χ3n) is 4.09. The van der Waals surface area contributed by atoms with Crippen LogP contribution >= 0.6 is 11.3 Å². The molecule has 0 atom stereocenters. The summed E-state index contributed by atoms with van der Waals surface area (Å²) in [6.07, 6.45) is 1.23. The van der Waals surface area contributed by atoms with Crippen molar-refractivity contribution in [2.45, 2.75) is 12.8 Å². The standard InChI is InChI=1S/C16H19N5O3S/c1-24-13-5-3-2-4-12(13)18-14(22)11-6-8-21(9-7-11)16(23)19-15-20-17-10-25-15/h2-5,10-11H,6-9H2,1H3,(H,18,22)(H,19,20,23). The topological polar surface area (TPSA) is 96.5 Å². The molecule has 3 rings (SSSR count). The second-order valence-corrected chi connectivity index (χ2v) is 6.46. The number of urea groups is 1. The predicted octanol–water partition coefficient (Wildman–Crippen LogP) is 2.43. The van der Waals surface area contributed by atoms with Crippen LogP contribution < -0.4 is 15.4 Å². The Balaban J connectivity index is 1.51. The summed E-state index contributed by atoms with van der Waals surface area (Å²) in [4.78, 5) is 26.3. The van der Waals surface area contributed by atoms with Gasteiger partial charge in [0.05, 0.1) is 12.8 Å². The number of rotatable bonds is 4. The molecular formula is C16H19N5O3S. The normalized spacial score (nSPS) is 14.8. The summed E-state index contributed by atoms with van der Waals surface area (Å²) in [5.74, 6) is 0.453. The fourth-order valence-corrected chi connectivity index (χ4v) is 3.16. The molecule has 2 N–H and O–H groups in total. The molecule has 3 amide bonds. The molecule has 0 bridgehead atoms. The van der Waals surface area contributed by atoms with E-state index in [0.29, 0.717) is 42.5 Å². The van der Waals surface area contributed by atoms with E-state index in [1.54, 1.807) is 29.7 Å². The highest BCUT2D eigenvalue weighted by atomic mass is 32.1. The van der Waals surface area contributed by atoms with Crippen LogP contribution in [0.25, 0.3) is 0 Å². The van der Waals surface area contributed by atoms with Crippen LogP contribution in [0.1, 0.15) is 12.8 Å². The monoisotopic (exact) mass is 361 g/mol. The average Bonchev–Trinajstić information content (AvgIpc) is 3.15. The van der Waals surface area contributed by atoms with Crippen LogP contribution in [0.2, 0.25) is 0 Å². The molecular weight excluding hydrogens is 342 g/mol. The molecule has 1 saturated heterocycles. The molecule has 25 heavy (non-hydrogen) atoms. The predicted molar refractivity (Wildman–Crippen MR) is 94.8 cm³/mol. The van der Waals surface area contributed by atoms with Crippen molar-refractivity contribution in [1.82, 2.24) is 15.1 Å². The number of methoxy groups -OCH3 is 1. The van der Waals surface area contributed by atoms with Gasteiger partial charge in [0.25, 0.3) is 0 Å². The van der Waals surface area contributed by atoms with Gasteiger partial charge in [0, 0.05) is 19.0 Å². The molecule has 2 aromatic rings. The number of hydrogen-bond donors (Lipinski definition) is 2. The maximum absolute atomic E-state index is 12.5. The molecule has 1 fully saturated rings. The van der Waals surface area contributed by atoms with Crippen molar-refractivity contribution in [3.8, 4) is 5.75 Å². The van der Waals surface area contributed by atoms with Gasteiger partial charge in [-0.25, -0.2) is 4.79 Å². The first-order chi connectivity index (χ1) is 12.2. The number of piperidine rings is 1. The van der Waals surface area contributed by atoms with Gasteiger partial charge in [-0.3, -0.25) is 10.1 Å². The number of carbonyl (C=O) groups is 2.